The molecule has 17 heavy (non-hydrogen) atoms. The first-order chi connectivity index (χ1) is 8.21. The normalized spacial score (nSPS) is 32.6. The number of hydrogen-bond donors (Lipinski definition) is 0. The van der Waals surface area contributed by atoms with E-state index in [-0.39, 0.29) is 17.8 Å². The van der Waals surface area contributed by atoms with Gasteiger partial charge in [0.05, 0.1) is 12.3 Å². The Hall–Kier alpha value is -1.71. The van der Waals surface area contributed by atoms with Crippen LogP contribution >= 0.6 is 0 Å². The molecule has 88 valence electrons. The second-order valence-corrected chi connectivity index (χ2v) is 4.57. The molecular weight excluding hydrogens is 216 g/mol. The summed E-state index contributed by atoms with van der Waals surface area (Å²) in [6.07, 6.45) is 0. The zero-order chi connectivity index (χ0) is 12.0. The van der Waals surface area contributed by atoms with Crippen LogP contribution in [0.1, 0.15) is 25.3 Å². The van der Waals surface area contributed by atoms with Gasteiger partial charge in [-0.1, -0.05) is 25.1 Å². The Balaban J connectivity index is 2.02. The maximum absolute atomic E-state index is 12.0. The van der Waals surface area contributed by atoms with Crippen LogP contribution in [0.4, 0.5) is 5.69 Å². The molecule has 3 unspecified atom stereocenters. The highest BCUT2D eigenvalue weighted by molar-refractivity contribution is 5.89. The maximum Gasteiger partial charge on any atom is 0.336 e. The van der Waals surface area contributed by atoms with Crippen LogP contribution in [0.3, 0.4) is 0 Å². The molecule has 3 rings (SSSR count). The fraction of sp³-hybridized carbons (Fsp3) is 0.462. The number of rotatable bonds is 2. The van der Waals surface area contributed by atoms with E-state index in [1.807, 2.05) is 38.1 Å². The van der Waals surface area contributed by atoms with Crippen molar-refractivity contribution in [1.82, 2.24) is 0 Å². The van der Waals surface area contributed by atoms with Gasteiger partial charge in [-0.25, -0.2) is 4.79 Å². The van der Waals surface area contributed by atoms with Gasteiger partial charge in [0.25, 0.3) is 0 Å². The SMILES string of the molecule is CCOC(=O)C12N=Nc3ccccc3C1C2C. The number of benzene rings is 1. The molecule has 1 aliphatic carbocycles. The van der Waals surface area contributed by atoms with Crippen LogP contribution in [0.2, 0.25) is 0 Å². The van der Waals surface area contributed by atoms with Gasteiger partial charge in [-0.2, -0.15) is 10.2 Å². The van der Waals surface area contributed by atoms with Crippen molar-refractivity contribution in [3.63, 3.8) is 0 Å². The Bertz CT molecular complexity index is 512. The van der Waals surface area contributed by atoms with Crippen molar-refractivity contribution in [2.24, 2.45) is 16.1 Å². The first-order valence-electron chi connectivity index (χ1n) is 5.91. The topological polar surface area (TPSA) is 51.0 Å². The summed E-state index contributed by atoms with van der Waals surface area (Å²) in [6.45, 7) is 4.23. The van der Waals surface area contributed by atoms with Crippen LogP contribution in [0.15, 0.2) is 34.5 Å². The number of nitrogens with zero attached hydrogens (tertiary/aromatic N) is 2. The van der Waals surface area contributed by atoms with Gasteiger partial charge < -0.3 is 4.74 Å². The molecule has 1 fully saturated rings. The van der Waals surface area contributed by atoms with Crippen LogP contribution in [0.5, 0.6) is 0 Å². The molecule has 0 bridgehead atoms. The first-order valence-corrected chi connectivity index (χ1v) is 5.91. The molecule has 2 aliphatic rings. The zero-order valence-electron chi connectivity index (χ0n) is 9.88. The molecule has 1 aliphatic heterocycles. The molecule has 1 saturated carbocycles. The highest BCUT2D eigenvalue weighted by atomic mass is 16.5. The molecule has 4 nitrogen and oxygen atoms in total. The summed E-state index contributed by atoms with van der Waals surface area (Å²) in [5.74, 6) is 0.0694. The van der Waals surface area contributed by atoms with Crippen LogP contribution in [-0.2, 0) is 9.53 Å². The standard InChI is InChI=1S/C13H14N2O2/c1-3-17-12(16)13-8(2)11(13)9-6-4-5-7-10(9)14-15-13/h4-8,11H,3H2,1-2H3. The van der Waals surface area contributed by atoms with Gasteiger partial charge in [-0.05, 0) is 18.6 Å². The van der Waals surface area contributed by atoms with Crippen LogP contribution < -0.4 is 0 Å². The largest absolute Gasteiger partial charge is 0.464 e. The monoisotopic (exact) mass is 230 g/mol. The van der Waals surface area contributed by atoms with Crippen LogP contribution in [-0.4, -0.2) is 18.1 Å². The second kappa shape index (κ2) is 3.39. The fourth-order valence-electron chi connectivity index (χ4n) is 2.78. The predicted molar refractivity (Wildman–Crippen MR) is 62.2 cm³/mol. The van der Waals surface area contributed by atoms with Crippen molar-refractivity contribution < 1.29 is 9.53 Å². The highest BCUT2D eigenvalue weighted by Gasteiger charge is 2.71. The lowest BCUT2D eigenvalue weighted by Gasteiger charge is -2.15. The van der Waals surface area contributed by atoms with E-state index in [4.69, 9.17) is 4.74 Å². The molecular formula is C13H14N2O2. The third-order valence-corrected chi connectivity index (χ3v) is 3.76. The highest BCUT2D eigenvalue weighted by Crippen LogP contribution is 2.64. The molecule has 0 radical (unpaired) electrons. The lowest BCUT2D eigenvalue weighted by Crippen LogP contribution is -2.27. The number of azo groups is 1. The van der Waals surface area contributed by atoms with E-state index < -0.39 is 5.54 Å². The molecule has 0 spiro atoms. The molecule has 0 aromatic heterocycles. The molecule has 0 amide bonds. The fourth-order valence-corrected chi connectivity index (χ4v) is 2.78. The average molecular weight is 230 g/mol. The Labute approximate surface area is 99.7 Å². The van der Waals surface area contributed by atoms with Crippen LogP contribution in [0.25, 0.3) is 0 Å². The maximum atomic E-state index is 12.0. The molecule has 0 saturated heterocycles. The zero-order valence-corrected chi connectivity index (χ0v) is 9.88. The molecule has 4 heteroatoms. The minimum absolute atomic E-state index is 0.134. The van der Waals surface area contributed by atoms with E-state index in [9.17, 15) is 4.79 Å². The van der Waals surface area contributed by atoms with Crippen molar-refractivity contribution in [1.29, 1.82) is 0 Å². The lowest BCUT2D eigenvalue weighted by molar-refractivity contribution is -0.146. The summed E-state index contributed by atoms with van der Waals surface area (Å²) in [7, 11) is 0. The number of esters is 1. The van der Waals surface area contributed by atoms with Gasteiger partial charge in [0.1, 0.15) is 0 Å². The number of carbonyl (C=O) groups is 1. The Morgan fingerprint density at radius 2 is 2.24 bits per heavy atom. The first kappa shape index (κ1) is 10.4. The molecule has 1 aromatic rings. The summed E-state index contributed by atoms with van der Waals surface area (Å²) in [5, 5.41) is 8.39. The van der Waals surface area contributed by atoms with E-state index >= 15 is 0 Å². The quantitative estimate of drug-likeness (QED) is 0.733. The smallest absolute Gasteiger partial charge is 0.336 e. The second-order valence-electron chi connectivity index (χ2n) is 4.57. The number of hydrogen-bond acceptors (Lipinski definition) is 4. The van der Waals surface area contributed by atoms with Crippen LogP contribution in [0, 0.1) is 5.92 Å². The van der Waals surface area contributed by atoms with Gasteiger partial charge in [0, 0.05) is 11.8 Å². The van der Waals surface area contributed by atoms with E-state index in [1.165, 1.54) is 0 Å². The average Bonchev–Trinajstić information content (AvgIpc) is 2.97. The van der Waals surface area contributed by atoms with E-state index in [0.29, 0.717) is 6.61 Å². The molecule has 1 aromatic carbocycles. The summed E-state index contributed by atoms with van der Waals surface area (Å²) in [4.78, 5) is 12.0. The van der Waals surface area contributed by atoms with E-state index in [2.05, 4.69) is 10.2 Å². The van der Waals surface area contributed by atoms with Crippen molar-refractivity contribution in [3.8, 4) is 0 Å². The number of ether oxygens (including phenoxy) is 1. The van der Waals surface area contributed by atoms with Gasteiger partial charge >= 0.3 is 5.97 Å². The van der Waals surface area contributed by atoms with Crippen molar-refractivity contribution >= 4 is 11.7 Å². The van der Waals surface area contributed by atoms with Gasteiger partial charge in [0.2, 0.25) is 0 Å². The van der Waals surface area contributed by atoms with Gasteiger partial charge in [0.15, 0.2) is 5.54 Å². The summed E-state index contributed by atoms with van der Waals surface area (Å²) < 4.78 is 5.12. The summed E-state index contributed by atoms with van der Waals surface area (Å²) >= 11 is 0. The van der Waals surface area contributed by atoms with Gasteiger partial charge in [-0.3, -0.25) is 0 Å². The third-order valence-electron chi connectivity index (χ3n) is 3.76. The lowest BCUT2D eigenvalue weighted by atomic mass is 10.0. The Kier molecular flexibility index (Phi) is 2.08. The van der Waals surface area contributed by atoms with Gasteiger partial charge in [-0.15, -0.1) is 0 Å². The predicted octanol–water partition coefficient (Wildman–Crippen LogP) is 2.82. The summed E-state index contributed by atoms with van der Waals surface area (Å²) in [6, 6.07) is 7.86. The molecule has 0 N–H and O–H groups in total. The number of carbonyl (C=O) groups excluding carboxylic acids is 1. The Morgan fingerprint density at radius 3 is 3.00 bits per heavy atom. The minimum Gasteiger partial charge on any atom is -0.464 e. The Morgan fingerprint density at radius 1 is 1.47 bits per heavy atom. The minimum atomic E-state index is -0.746. The molecule has 1 heterocycles. The van der Waals surface area contributed by atoms with E-state index in [1.54, 1.807) is 0 Å². The third kappa shape index (κ3) is 1.21. The molecule has 3 atom stereocenters. The summed E-state index contributed by atoms with van der Waals surface area (Å²) in [5.41, 5.74) is 1.24. The van der Waals surface area contributed by atoms with Crippen molar-refractivity contribution in [3.05, 3.63) is 29.8 Å². The van der Waals surface area contributed by atoms with Crippen molar-refractivity contribution in [2.75, 3.05) is 6.61 Å². The van der Waals surface area contributed by atoms with Crippen molar-refractivity contribution in [2.45, 2.75) is 25.3 Å². The van der Waals surface area contributed by atoms with E-state index in [0.717, 1.165) is 11.3 Å². The number of fused-ring (bicyclic) bond motifs is 3.